The summed E-state index contributed by atoms with van der Waals surface area (Å²) in [6.07, 6.45) is -3.69. The predicted octanol–water partition coefficient (Wildman–Crippen LogP) is 5.35. The number of carbonyl (C=O) groups is 1. The molecule has 0 N–H and O–H groups in total. The van der Waals surface area contributed by atoms with Gasteiger partial charge < -0.3 is 14.4 Å². The number of benzene rings is 2. The fourth-order valence-electron chi connectivity index (χ4n) is 4.13. The van der Waals surface area contributed by atoms with Crippen LogP contribution in [0.1, 0.15) is 24.6 Å². The number of para-hydroxylation sites is 1. The lowest BCUT2D eigenvalue weighted by atomic mass is 10.1. The minimum atomic E-state index is -4.63. The lowest BCUT2D eigenvalue weighted by molar-refractivity contribution is -0.141. The molecule has 0 saturated carbocycles. The van der Waals surface area contributed by atoms with Crippen LogP contribution in [-0.2, 0) is 17.4 Å². The molecular weight excluding hydrogens is 467 g/mol. The Morgan fingerprint density at radius 3 is 2.74 bits per heavy atom. The summed E-state index contributed by atoms with van der Waals surface area (Å²) in [5.74, 6) is 1.16. The van der Waals surface area contributed by atoms with E-state index in [4.69, 9.17) is 9.47 Å². The Morgan fingerprint density at radius 2 is 1.91 bits per heavy atom. The Bertz CT molecular complexity index is 1250. The maximum atomic E-state index is 13.5. The molecule has 34 heavy (non-hydrogen) atoms. The molecule has 10 heteroatoms. The topological polar surface area (TPSA) is 64.6 Å². The van der Waals surface area contributed by atoms with Crippen LogP contribution in [0.4, 0.5) is 18.9 Å². The largest absolute Gasteiger partial charge is 0.454 e. The van der Waals surface area contributed by atoms with Gasteiger partial charge in [0.15, 0.2) is 16.7 Å². The molecule has 1 aromatic heterocycles. The first-order valence-electron chi connectivity index (χ1n) is 10.7. The number of hydrogen-bond donors (Lipinski definition) is 0. The first-order chi connectivity index (χ1) is 16.3. The average Bonchev–Trinajstić information content (AvgIpc) is 3.41. The highest BCUT2D eigenvalue weighted by atomic mass is 32.2. The van der Waals surface area contributed by atoms with E-state index in [0.717, 1.165) is 35.5 Å². The Kier molecular flexibility index (Phi) is 5.85. The van der Waals surface area contributed by atoms with Gasteiger partial charge in [-0.3, -0.25) is 4.79 Å². The van der Waals surface area contributed by atoms with Crippen LogP contribution in [0.5, 0.6) is 11.5 Å². The molecule has 0 fully saturated rings. The lowest BCUT2D eigenvalue weighted by Gasteiger charge is -2.22. The summed E-state index contributed by atoms with van der Waals surface area (Å²) < 4.78 is 51.1. The van der Waals surface area contributed by atoms with Crippen molar-refractivity contribution in [3.63, 3.8) is 0 Å². The van der Waals surface area contributed by atoms with E-state index in [0.29, 0.717) is 17.1 Å². The predicted molar refractivity (Wildman–Crippen MR) is 121 cm³/mol. The molecule has 6 nitrogen and oxygen atoms in total. The molecule has 2 aliphatic heterocycles. The monoisotopic (exact) mass is 487 g/mol. The van der Waals surface area contributed by atoms with Crippen LogP contribution in [0.25, 0.3) is 11.3 Å². The molecule has 0 saturated heterocycles. The van der Waals surface area contributed by atoms with Crippen LogP contribution in [0.2, 0.25) is 0 Å². The van der Waals surface area contributed by atoms with Gasteiger partial charge in [-0.15, -0.1) is 0 Å². The van der Waals surface area contributed by atoms with Gasteiger partial charge in [0.25, 0.3) is 0 Å². The zero-order valence-corrected chi connectivity index (χ0v) is 18.9. The maximum Gasteiger partial charge on any atom is 0.433 e. The summed E-state index contributed by atoms with van der Waals surface area (Å²) in [6.45, 7) is 2.05. The van der Waals surface area contributed by atoms with Crippen molar-refractivity contribution < 1.29 is 27.4 Å². The van der Waals surface area contributed by atoms with Crippen LogP contribution in [-0.4, -0.2) is 34.5 Å². The van der Waals surface area contributed by atoms with E-state index in [1.54, 1.807) is 23.1 Å². The molecule has 0 radical (unpaired) electrons. The van der Waals surface area contributed by atoms with Gasteiger partial charge in [-0.2, -0.15) is 13.2 Å². The molecule has 3 aromatic rings. The van der Waals surface area contributed by atoms with Gasteiger partial charge in [0, 0.05) is 29.5 Å². The normalized spacial score (nSPS) is 16.6. The van der Waals surface area contributed by atoms with E-state index in [1.807, 2.05) is 31.2 Å². The number of alkyl halides is 3. The maximum absolute atomic E-state index is 13.5. The van der Waals surface area contributed by atoms with Gasteiger partial charge in [0.05, 0.1) is 5.69 Å². The van der Waals surface area contributed by atoms with E-state index in [2.05, 4.69) is 9.97 Å². The smallest absolute Gasteiger partial charge is 0.433 e. The molecule has 0 unspecified atom stereocenters. The highest BCUT2D eigenvalue weighted by Gasteiger charge is 2.34. The van der Waals surface area contributed by atoms with Gasteiger partial charge in [-0.25, -0.2) is 9.97 Å². The summed E-state index contributed by atoms with van der Waals surface area (Å²) >= 11 is 1.03. The quantitative estimate of drug-likeness (QED) is 0.357. The Morgan fingerprint density at radius 1 is 1.12 bits per heavy atom. The van der Waals surface area contributed by atoms with E-state index in [-0.39, 0.29) is 41.8 Å². The fourth-order valence-corrected chi connectivity index (χ4v) is 4.92. The second kappa shape index (κ2) is 8.83. The lowest BCUT2D eigenvalue weighted by Crippen LogP contribution is -2.35. The molecule has 1 atom stereocenters. The van der Waals surface area contributed by atoms with Crippen molar-refractivity contribution in [2.75, 3.05) is 17.4 Å². The summed E-state index contributed by atoms with van der Waals surface area (Å²) in [7, 11) is 0. The van der Waals surface area contributed by atoms with E-state index >= 15 is 0 Å². The number of amides is 1. The number of halogens is 3. The van der Waals surface area contributed by atoms with Gasteiger partial charge >= 0.3 is 6.18 Å². The minimum Gasteiger partial charge on any atom is -0.454 e. The van der Waals surface area contributed by atoms with Crippen LogP contribution >= 0.6 is 11.8 Å². The van der Waals surface area contributed by atoms with E-state index in [9.17, 15) is 18.0 Å². The Labute approximate surface area is 198 Å². The summed E-state index contributed by atoms with van der Waals surface area (Å²) in [5.41, 5.74) is 1.55. The van der Waals surface area contributed by atoms with E-state index < -0.39 is 11.9 Å². The van der Waals surface area contributed by atoms with Crippen molar-refractivity contribution in [1.82, 2.24) is 9.97 Å². The molecule has 0 aliphatic carbocycles. The minimum absolute atomic E-state index is 0.0369. The number of nitrogens with zero attached hydrogens (tertiary/aromatic N) is 3. The fraction of sp³-hybridized carbons (Fsp3) is 0.292. The SMILES string of the molecule is C[C@@H]1Cc2ccccc2N1C(=O)CCSc1nc(-c2ccc3c(c2)OCO3)cc(C(F)(F)F)n1. The molecular formula is C24H20F3N3O3S. The average molecular weight is 488 g/mol. The van der Waals surface area contributed by atoms with E-state index in [1.165, 1.54) is 0 Å². The molecule has 2 aromatic carbocycles. The van der Waals surface area contributed by atoms with Crippen LogP contribution < -0.4 is 14.4 Å². The molecule has 2 aliphatic rings. The van der Waals surface area contributed by atoms with Gasteiger partial charge in [0.2, 0.25) is 12.7 Å². The molecule has 0 spiro atoms. The number of ether oxygens (including phenoxy) is 2. The van der Waals surface area contributed by atoms with Crippen LogP contribution in [0.3, 0.4) is 0 Å². The number of fused-ring (bicyclic) bond motifs is 2. The zero-order valence-electron chi connectivity index (χ0n) is 18.1. The summed E-state index contributed by atoms with van der Waals surface area (Å²) in [6, 6.07) is 13.5. The first kappa shape index (κ1) is 22.5. The Hall–Kier alpha value is -3.27. The second-order valence-corrected chi connectivity index (χ2v) is 9.09. The molecule has 176 valence electrons. The van der Waals surface area contributed by atoms with Crippen molar-refractivity contribution in [1.29, 1.82) is 0 Å². The third kappa shape index (κ3) is 4.42. The summed E-state index contributed by atoms with van der Waals surface area (Å²) in [4.78, 5) is 22.7. The van der Waals surface area contributed by atoms with Crippen molar-refractivity contribution >= 4 is 23.4 Å². The van der Waals surface area contributed by atoms with Crippen molar-refractivity contribution in [2.45, 2.75) is 37.1 Å². The second-order valence-electron chi connectivity index (χ2n) is 8.03. The van der Waals surface area contributed by atoms with Crippen LogP contribution in [0.15, 0.2) is 53.7 Å². The van der Waals surface area contributed by atoms with Crippen LogP contribution in [0, 0.1) is 0 Å². The number of carbonyl (C=O) groups excluding carboxylic acids is 1. The van der Waals surface area contributed by atoms with Crippen molar-refractivity contribution in [2.24, 2.45) is 0 Å². The zero-order chi connectivity index (χ0) is 23.9. The third-order valence-electron chi connectivity index (χ3n) is 5.69. The highest BCUT2D eigenvalue weighted by molar-refractivity contribution is 7.99. The summed E-state index contributed by atoms with van der Waals surface area (Å²) in [5, 5.41) is -0.0369. The number of aromatic nitrogens is 2. The molecule has 0 bridgehead atoms. The number of hydrogen-bond acceptors (Lipinski definition) is 6. The van der Waals surface area contributed by atoms with Gasteiger partial charge in [-0.05, 0) is 49.2 Å². The Balaban J connectivity index is 1.33. The van der Waals surface area contributed by atoms with Gasteiger partial charge in [-0.1, -0.05) is 30.0 Å². The number of anilines is 1. The van der Waals surface area contributed by atoms with Crippen molar-refractivity contribution in [3.05, 3.63) is 59.8 Å². The number of thioether (sulfide) groups is 1. The molecule has 5 rings (SSSR count). The first-order valence-corrected chi connectivity index (χ1v) is 11.7. The standard InChI is InChI=1S/C24H20F3N3O3S/c1-14-10-16-4-2-3-5-18(16)30(14)22(31)8-9-34-23-28-17(12-21(29-23)24(25,26)27)15-6-7-19-20(11-15)33-13-32-19/h2-7,11-12,14H,8-10,13H2,1H3/t14-/m1/s1. The third-order valence-corrected chi connectivity index (χ3v) is 6.54. The highest BCUT2D eigenvalue weighted by Crippen LogP contribution is 2.38. The van der Waals surface area contributed by atoms with Crippen molar-refractivity contribution in [3.8, 4) is 22.8 Å². The number of rotatable bonds is 5. The van der Waals surface area contributed by atoms with Gasteiger partial charge in [0.1, 0.15) is 5.69 Å². The molecule has 3 heterocycles. The molecule has 1 amide bonds.